The minimum absolute atomic E-state index is 0.192. The first-order chi connectivity index (χ1) is 9.14. The van der Waals surface area contributed by atoms with Gasteiger partial charge < -0.3 is 9.47 Å². The number of fused-ring (bicyclic) bond motifs is 2. The summed E-state index contributed by atoms with van der Waals surface area (Å²) >= 11 is 0. The summed E-state index contributed by atoms with van der Waals surface area (Å²) in [7, 11) is 0. The summed E-state index contributed by atoms with van der Waals surface area (Å²) in [6.45, 7) is 7.44. The zero-order chi connectivity index (χ0) is 13.9. The third kappa shape index (κ3) is 2.44. The Morgan fingerprint density at radius 2 is 1.89 bits per heavy atom. The summed E-state index contributed by atoms with van der Waals surface area (Å²) in [6.07, 6.45) is 6.28. The molecule has 0 radical (unpaired) electrons. The summed E-state index contributed by atoms with van der Waals surface area (Å²) in [6, 6.07) is 0. The van der Waals surface area contributed by atoms with Gasteiger partial charge in [0.05, 0.1) is 11.3 Å². The topological polar surface area (TPSA) is 52.6 Å². The largest absolute Gasteiger partial charge is 0.461 e. The number of ether oxygens (including phenoxy) is 2. The van der Waals surface area contributed by atoms with E-state index >= 15 is 0 Å². The molecule has 0 N–H and O–H groups in total. The van der Waals surface area contributed by atoms with Crippen LogP contribution in [0.25, 0.3) is 0 Å². The smallest absolute Gasteiger partial charge is 0.313 e. The third-order valence-electron chi connectivity index (χ3n) is 4.25. The number of hydrogen-bond donors (Lipinski definition) is 0. The first-order valence-corrected chi connectivity index (χ1v) is 6.69. The molecule has 3 atom stereocenters. The highest BCUT2D eigenvalue weighted by molar-refractivity contribution is 5.86. The molecule has 104 valence electrons. The number of esters is 2. The summed E-state index contributed by atoms with van der Waals surface area (Å²) in [4.78, 5) is 24.4. The maximum Gasteiger partial charge on any atom is 0.313 e. The average Bonchev–Trinajstić information content (AvgIpc) is 3.01. The molecule has 4 heteroatoms. The van der Waals surface area contributed by atoms with Crippen molar-refractivity contribution in [3.8, 4) is 0 Å². The Hall–Kier alpha value is -1.58. The molecule has 2 saturated carbocycles. The lowest BCUT2D eigenvalue weighted by Gasteiger charge is -2.30. The van der Waals surface area contributed by atoms with E-state index in [1.54, 1.807) is 6.08 Å². The SMILES string of the molecule is C=CCOC(=O)C1CC2CCC1(C(=O)OCC=C)C2. The van der Waals surface area contributed by atoms with Crippen LogP contribution < -0.4 is 0 Å². The van der Waals surface area contributed by atoms with E-state index in [2.05, 4.69) is 13.2 Å². The second kappa shape index (κ2) is 5.59. The molecule has 0 spiro atoms. The Bertz CT molecular complexity index is 401. The minimum atomic E-state index is -0.661. The van der Waals surface area contributed by atoms with Crippen molar-refractivity contribution >= 4 is 11.9 Å². The monoisotopic (exact) mass is 264 g/mol. The van der Waals surface area contributed by atoms with E-state index < -0.39 is 5.41 Å². The molecule has 0 aromatic rings. The summed E-state index contributed by atoms with van der Waals surface area (Å²) in [5.74, 6) is -0.480. The molecule has 2 aliphatic rings. The van der Waals surface area contributed by atoms with Gasteiger partial charge in [-0.15, -0.1) is 0 Å². The zero-order valence-corrected chi connectivity index (χ0v) is 11.1. The highest BCUT2D eigenvalue weighted by Crippen LogP contribution is 2.58. The number of rotatable bonds is 6. The molecule has 2 fully saturated rings. The summed E-state index contributed by atoms with van der Waals surface area (Å²) in [5.41, 5.74) is -0.661. The lowest BCUT2D eigenvalue weighted by atomic mass is 9.75. The van der Waals surface area contributed by atoms with E-state index in [0.29, 0.717) is 5.92 Å². The second-order valence-electron chi connectivity index (χ2n) is 5.36. The van der Waals surface area contributed by atoms with Gasteiger partial charge in [-0.2, -0.15) is 0 Å². The molecule has 0 aliphatic heterocycles. The Morgan fingerprint density at radius 1 is 1.21 bits per heavy atom. The van der Waals surface area contributed by atoms with Crippen LogP contribution in [0.15, 0.2) is 25.3 Å². The molecule has 19 heavy (non-hydrogen) atoms. The van der Waals surface area contributed by atoms with Crippen LogP contribution in [0.2, 0.25) is 0 Å². The van der Waals surface area contributed by atoms with Crippen LogP contribution in [0.1, 0.15) is 25.7 Å². The van der Waals surface area contributed by atoms with Crippen molar-refractivity contribution < 1.29 is 19.1 Å². The molecule has 2 bridgehead atoms. The zero-order valence-electron chi connectivity index (χ0n) is 11.1. The Kier molecular flexibility index (Phi) is 4.08. The van der Waals surface area contributed by atoms with Crippen LogP contribution in [0.5, 0.6) is 0 Å². The van der Waals surface area contributed by atoms with Crippen molar-refractivity contribution in [1.82, 2.24) is 0 Å². The Balaban J connectivity index is 2.10. The molecular formula is C15H20O4. The Labute approximate surface area is 113 Å². The van der Waals surface area contributed by atoms with E-state index in [-0.39, 0.29) is 31.1 Å². The molecule has 0 amide bonds. The van der Waals surface area contributed by atoms with Crippen molar-refractivity contribution in [2.24, 2.45) is 17.3 Å². The van der Waals surface area contributed by atoms with Gasteiger partial charge in [-0.3, -0.25) is 9.59 Å². The highest BCUT2D eigenvalue weighted by Gasteiger charge is 2.60. The molecule has 0 saturated heterocycles. The summed E-state index contributed by atoms with van der Waals surface area (Å²) < 4.78 is 10.3. The van der Waals surface area contributed by atoms with Crippen LogP contribution >= 0.6 is 0 Å². The van der Waals surface area contributed by atoms with Gasteiger partial charge in [-0.05, 0) is 31.6 Å². The van der Waals surface area contributed by atoms with E-state index in [1.165, 1.54) is 6.08 Å². The van der Waals surface area contributed by atoms with Crippen molar-refractivity contribution in [2.75, 3.05) is 13.2 Å². The van der Waals surface area contributed by atoms with Gasteiger partial charge in [-0.25, -0.2) is 0 Å². The van der Waals surface area contributed by atoms with Gasteiger partial charge >= 0.3 is 11.9 Å². The van der Waals surface area contributed by atoms with Gasteiger partial charge in [0.15, 0.2) is 0 Å². The highest BCUT2D eigenvalue weighted by atomic mass is 16.5. The minimum Gasteiger partial charge on any atom is -0.461 e. The maximum absolute atomic E-state index is 12.3. The predicted octanol–water partition coefficient (Wildman–Crippen LogP) is 2.25. The van der Waals surface area contributed by atoms with Crippen molar-refractivity contribution in [3.05, 3.63) is 25.3 Å². The molecule has 2 aliphatic carbocycles. The van der Waals surface area contributed by atoms with Gasteiger partial charge in [0.2, 0.25) is 0 Å². The molecule has 0 heterocycles. The molecule has 0 aromatic carbocycles. The van der Waals surface area contributed by atoms with E-state index in [4.69, 9.17) is 9.47 Å². The number of carbonyl (C=O) groups excluding carboxylic acids is 2. The normalized spacial score (nSPS) is 31.8. The second-order valence-corrected chi connectivity index (χ2v) is 5.36. The van der Waals surface area contributed by atoms with Crippen molar-refractivity contribution in [1.29, 1.82) is 0 Å². The van der Waals surface area contributed by atoms with Gasteiger partial charge in [-0.1, -0.05) is 25.3 Å². The third-order valence-corrected chi connectivity index (χ3v) is 4.25. The molecule has 3 unspecified atom stereocenters. The molecule has 2 rings (SSSR count). The first-order valence-electron chi connectivity index (χ1n) is 6.69. The van der Waals surface area contributed by atoms with Gasteiger partial charge in [0.25, 0.3) is 0 Å². The van der Waals surface area contributed by atoms with Gasteiger partial charge in [0, 0.05) is 0 Å². The van der Waals surface area contributed by atoms with Crippen LogP contribution in [0.4, 0.5) is 0 Å². The van der Waals surface area contributed by atoms with Crippen molar-refractivity contribution in [3.63, 3.8) is 0 Å². The van der Waals surface area contributed by atoms with E-state index in [9.17, 15) is 9.59 Å². The lowest BCUT2D eigenvalue weighted by molar-refractivity contribution is -0.167. The Morgan fingerprint density at radius 3 is 2.53 bits per heavy atom. The van der Waals surface area contributed by atoms with Crippen LogP contribution in [0, 0.1) is 17.3 Å². The van der Waals surface area contributed by atoms with Crippen LogP contribution in [-0.2, 0) is 19.1 Å². The first kappa shape index (κ1) is 13.8. The van der Waals surface area contributed by atoms with Crippen LogP contribution in [0.3, 0.4) is 0 Å². The fourth-order valence-electron chi connectivity index (χ4n) is 3.43. The molecule has 0 aromatic heterocycles. The average molecular weight is 264 g/mol. The maximum atomic E-state index is 12.3. The van der Waals surface area contributed by atoms with E-state index in [1.807, 2.05) is 0 Å². The fourth-order valence-corrected chi connectivity index (χ4v) is 3.43. The fraction of sp³-hybridized carbons (Fsp3) is 0.600. The van der Waals surface area contributed by atoms with Crippen LogP contribution in [-0.4, -0.2) is 25.2 Å². The number of carbonyl (C=O) groups is 2. The lowest BCUT2D eigenvalue weighted by Crippen LogP contribution is -2.40. The van der Waals surface area contributed by atoms with E-state index in [0.717, 1.165) is 25.7 Å². The summed E-state index contributed by atoms with van der Waals surface area (Å²) in [5, 5.41) is 0. The predicted molar refractivity (Wildman–Crippen MR) is 70.2 cm³/mol. The molecule has 4 nitrogen and oxygen atoms in total. The number of hydrogen-bond acceptors (Lipinski definition) is 4. The van der Waals surface area contributed by atoms with Gasteiger partial charge in [0.1, 0.15) is 13.2 Å². The quantitative estimate of drug-likeness (QED) is 0.545. The standard InChI is InChI=1S/C15H20O4/c1-3-7-18-13(16)12-9-11-5-6-15(12,10-11)14(17)19-8-4-2/h3-4,11-12H,1-2,5-10H2. The van der Waals surface area contributed by atoms with Crippen molar-refractivity contribution in [2.45, 2.75) is 25.7 Å². The molecular weight excluding hydrogens is 244 g/mol.